The Morgan fingerprint density at radius 3 is 2.35 bits per heavy atom. The lowest BCUT2D eigenvalue weighted by Gasteiger charge is -2.35. The normalized spacial score (nSPS) is 16.6. The van der Waals surface area contributed by atoms with E-state index in [-0.39, 0.29) is 30.0 Å². The van der Waals surface area contributed by atoms with Crippen molar-refractivity contribution in [2.24, 2.45) is 16.5 Å². The molecule has 0 aromatic heterocycles. The number of hydrogen-bond acceptors (Lipinski definition) is 4. The van der Waals surface area contributed by atoms with Gasteiger partial charge in [0.25, 0.3) is 5.91 Å². The molecular weight excluding hydrogens is 435 g/mol. The highest BCUT2D eigenvalue weighted by Gasteiger charge is 2.42. The zero-order chi connectivity index (χ0) is 25.0. The number of benzene rings is 2. The van der Waals surface area contributed by atoms with Crippen LogP contribution >= 0.6 is 0 Å². The number of carbonyl (C=O) groups excluding carboxylic acids is 2. The van der Waals surface area contributed by atoms with Gasteiger partial charge in [-0.2, -0.15) is 4.99 Å². The third-order valence-corrected chi connectivity index (χ3v) is 5.89. The predicted molar refractivity (Wildman–Crippen MR) is 131 cm³/mol. The van der Waals surface area contributed by atoms with Gasteiger partial charge in [-0.05, 0) is 57.8 Å². The molecule has 0 unspecified atom stereocenters. The molecule has 2 aromatic rings. The number of nitrogens with one attached hydrogen (secondary N) is 1. The molecule has 0 bridgehead atoms. The van der Waals surface area contributed by atoms with Crippen LogP contribution in [0.15, 0.2) is 70.9 Å². The number of urea groups is 1. The van der Waals surface area contributed by atoms with Gasteiger partial charge in [0.15, 0.2) is 0 Å². The van der Waals surface area contributed by atoms with E-state index in [1.807, 2.05) is 63.2 Å². The van der Waals surface area contributed by atoms with Gasteiger partial charge in [0.05, 0.1) is 18.1 Å². The minimum atomic E-state index is -0.849. The number of carbonyl (C=O) groups is 2. The molecule has 180 valence electrons. The Balaban J connectivity index is 1.80. The second-order valence-electron chi connectivity index (χ2n) is 9.02. The van der Waals surface area contributed by atoms with Crippen molar-refractivity contribution in [3.63, 3.8) is 0 Å². The highest BCUT2D eigenvalue weighted by molar-refractivity contribution is 6.09. The number of likely N-dealkylation sites (N-methyl/N-ethyl adjacent to an activating group) is 1. The molecule has 8 nitrogen and oxygen atoms in total. The molecule has 34 heavy (non-hydrogen) atoms. The van der Waals surface area contributed by atoms with Crippen molar-refractivity contribution in [2.45, 2.75) is 25.4 Å². The van der Waals surface area contributed by atoms with Crippen molar-refractivity contribution < 1.29 is 14.0 Å². The predicted octanol–water partition coefficient (Wildman–Crippen LogP) is 2.64. The van der Waals surface area contributed by atoms with E-state index in [1.165, 1.54) is 24.3 Å². The van der Waals surface area contributed by atoms with E-state index >= 15 is 0 Å². The first-order valence-electron chi connectivity index (χ1n) is 10.9. The number of rotatable bonds is 6. The molecule has 1 aliphatic rings. The quantitative estimate of drug-likeness (QED) is 0.447. The summed E-state index contributed by atoms with van der Waals surface area (Å²) in [6.07, 6.45) is 0. The van der Waals surface area contributed by atoms with Gasteiger partial charge in [0, 0.05) is 23.4 Å². The van der Waals surface area contributed by atoms with Crippen molar-refractivity contribution in [1.29, 1.82) is 0 Å². The molecule has 0 fully saturated rings. The summed E-state index contributed by atoms with van der Waals surface area (Å²) in [7, 11) is 3.88. The minimum absolute atomic E-state index is 0.0666. The Kier molecular flexibility index (Phi) is 7.36. The maximum Gasteiger partial charge on any atom is 0.318 e. The molecule has 1 atom stereocenters. The van der Waals surface area contributed by atoms with Gasteiger partial charge in [-0.1, -0.05) is 30.3 Å². The van der Waals surface area contributed by atoms with Crippen LogP contribution in [0.1, 0.15) is 35.8 Å². The van der Waals surface area contributed by atoms with Crippen LogP contribution in [-0.2, 0) is 0 Å². The lowest BCUT2D eigenvalue weighted by molar-refractivity contribution is 0.100. The van der Waals surface area contributed by atoms with Crippen molar-refractivity contribution in [3.05, 3.63) is 82.8 Å². The summed E-state index contributed by atoms with van der Waals surface area (Å²) < 4.78 is 13.1. The molecule has 0 radical (unpaired) electrons. The molecular formula is C25H31FN6O2. The van der Waals surface area contributed by atoms with Gasteiger partial charge < -0.3 is 26.6 Å². The summed E-state index contributed by atoms with van der Waals surface area (Å²) in [5, 5.41) is 3.09. The standard InChI is InChI=1S/C25H31FN6O2/c1-25(2)21(27)19(22(28)30-23(33)17-10-12-18(26)13-11-17)14-32(25)24(34)29-20(15-31(3)4)16-8-6-5-7-9-16/h5-13,20H,14-15,27H2,1-4H3,(H,29,34)(H2,28,30,33)/t20-/m1/s1. The molecule has 0 spiro atoms. The number of halogens is 1. The minimum Gasteiger partial charge on any atom is -0.400 e. The van der Waals surface area contributed by atoms with E-state index in [0.717, 1.165) is 5.56 Å². The van der Waals surface area contributed by atoms with Gasteiger partial charge in [-0.15, -0.1) is 0 Å². The molecule has 0 saturated heterocycles. The van der Waals surface area contributed by atoms with Crippen LogP contribution in [0.3, 0.4) is 0 Å². The highest BCUT2D eigenvalue weighted by atomic mass is 19.1. The Bertz CT molecular complexity index is 1110. The van der Waals surface area contributed by atoms with Gasteiger partial charge in [-0.25, -0.2) is 9.18 Å². The molecule has 3 amide bonds. The number of nitrogens with zero attached hydrogens (tertiary/aromatic N) is 3. The van der Waals surface area contributed by atoms with Crippen molar-refractivity contribution >= 4 is 17.8 Å². The van der Waals surface area contributed by atoms with Gasteiger partial charge >= 0.3 is 6.03 Å². The maximum absolute atomic E-state index is 13.3. The first kappa shape index (κ1) is 24.9. The van der Waals surface area contributed by atoms with Crippen LogP contribution in [0, 0.1) is 5.82 Å². The van der Waals surface area contributed by atoms with Crippen molar-refractivity contribution in [3.8, 4) is 0 Å². The van der Waals surface area contributed by atoms with Crippen LogP contribution in [-0.4, -0.2) is 60.3 Å². The van der Waals surface area contributed by atoms with E-state index in [4.69, 9.17) is 11.5 Å². The van der Waals surface area contributed by atoms with Gasteiger partial charge in [-0.3, -0.25) is 4.79 Å². The molecule has 0 saturated carbocycles. The third kappa shape index (κ3) is 5.43. The second kappa shape index (κ2) is 10.0. The smallest absolute Gasteiger partial charge is 0.318 e. The zero-order valence-electron chi connectivity index (χ0n) is 19.9. The number of amides is 3. The summed E-state index contributed by atoms with van der Waals surface area (Å²) in [5.74, 6) is -1.14. The van der Waals surface area contributed by atoms with Crippen molar-refractivity contribution in [1.82, 2.24) is 15.1 Å². The molecule has 0 aliphatic carbocycles. The Morgan fingerprint density at radius 1 is 1.15 bits per heavy atom. The topological polar surface area (TPSA) is 117 Å². The first-order chi connectivity index (χ1) is 16.0. The number of nitrogens with two attached hydrogens (primary N) is 2. The van der Waals surface area contributed by atoms with E-state index in [9.17, 15) is 14.0 Å². The Morgan fingerprint density at radius 2 is 1.76 bits per heavy atom. The van der Waals surface area contributed by atoms with E-state index in [0.29, 0.717) is 17.8 Å². The SMILES string of the molecule is CN(C)C[C@@H](NC(=O)N1CC(C(N)=NC(=O)c2ccc(F)cc2)=C(N)C1(C)C)c1ccccc1. The number of aliphatic imine (C=N–C) groups is 1. The molecule has 3 rings (SSSR count). The van der Waals surface area contributed by atoms with Crippen LogP contribution in [0.4, 0.5) is 9.18 Å². The monoisotopic (exact) mass is 466 g/mol. The lowest BCUT2D eigenvalue weighted by atomic mass is 10.00. The summed E-state index contributed by atoms with van der Waals surface area (Å²) in [6.45, 7) is 4.33. The first-order valence-corrected chi connectivity index (χ1v) is 10.9. The van der Waals surface area contributed by atoms with Crippen LogP contribution in [0.2, 0.25) is 0 Å². The van der Waals surface area contributed by atoms with Gasteiger partial charge in [0.2, 0.25) is 0 Å². The van der Waals surface area contributed by atoms with E-state index in [1.54, 1.807) is 4.90 Å². The largest absolute Gasteiger partial charge is 0.400 e. The average molecular weight is 467 g/mol. The van der Waals surface area contributed by atoms with Crippen LogP contribution in [0.25, 0.3) is 0 Å². The second-order valence-corrected chi connectivity index (χ2v) is 9.02. The fourth-order valence-corrected chi connectivity index (χ4v) is 3.85. The summed E-state index contributed by atoms with van der Waals surface area (Å²) in [4.78, 5) is 33.3. The zero-order valence-corrected chi connectivity index (χ0v) is 19.9. The van der Waals surface area contributed by atoms with Gasteiger partial charge in [0.1, 0.15) is 11.7 Å². The molecule has 1 heterocycles. The molecule has 2 aromatic carbocycles. The van der Waals surface area contributed by atoms with Crippen LogP contribution in [0.5, 0.6) is 0 Å². The molecule has 1 aliphatic heterocycles. The van der Waals surface area contributed by atoms with E-state index in [2.05, 4.69) is 10.3 Å². The summed E-state index contributed by atoms with van der Waals surface area (Å²) in [5.41, 5.74) is 13.6. The highest BCUT2D eigenvalue weighted by Crippen LogP contribution is 2.32. The molecule has 9 heteroatoms. The average Bonchev–Trinajstić information content (AvgIpc) is 3.03. The Labute approximate surface area is 199 Å². The maximum atomic E-state index is 13.3. The third-order valence-electron chi connectivity index (χ3n) is 5.89. The summed E-state index contributed by atoms with van der Waals surface area (Å²) >= 11 is 0. The number of hydrogen-bond donors (Lipinski definition) is 3. The molecule has 5 N–H and O–H groups in total. The lowest BCUT2D eigenvalue weighted by Crippen LogP contribution is -2.52. The van der Waals surface area contributed by atoms with E-state index < -0.39 is 17.3 Å². The Hall–Kier alpha value is -3.72. The summed E-state index contributed by atoms with van der Waals surface area (Å²) in [6, 6.07) is 14.2. The van der Waals surface area contributed by atoms with Crippen LogP contribution < -0.4 is 16.8 Å². The number of amidine groups is 1. The van der Waals surface area contributed by atoms with Crippen molar-refractivity contribution in [2.75, 3.05) is 27.2 Å². The fourth-order valence-electron chi connectivity index (χ4n) is 3.85. The fraction of sp³-hybridized carbons (Fsp3) is 0.320.